The number of anilines is 1. The lowest BCUT2D eigenvalue weighted by atomic mass is 10.2. The van der Waals surface area contributed by atoms with Crippen LogP contribution in [0.4, 0.5) is 5.69 Å². The van der Waals surface area contributed by atoms with Crippen molar-refractivity contribution in [3.63, 3.8) is 0 Å². The molecular formula is C15H16INO2S. The van der Waals surface area contributed by atoms with Crippen molar-refractivity contribution >= 4 is 38.3 Å². The van der Waals surface area contributed by atoms with Crippen LogP contribution in [0.3, 0.4) is 0 Å². The summed E-state index contributed by atoms with van der Waals surface area (Å²) in [5, 5.41) is 0. The van der Waals surface area contributed by atoms with E-state index in [1.165, 1.54) is 0 Å². The van der Waals surface area contributed by atoms with Crippen molar-refractivity contribution in [2.45, 2.75) is 25.7 Å². The monoisotopic (exact) mass is 401 g/mol. The number of aryl methyl sites for hydroxylation is 3. The van der Waals surface area contributed by atoms with E-state index in [1.54, 1.807) is 19.1 Å². The van der Waals surface area contributed by atoms with Crippen molar-refractivity contribution in [1.82, 2.24) is 0 Å². The minimum absolute atomic E-state index is 0.327. The van der Waals surface area contributed by atoms with E-state index in [0.717, 1.165) is 20.3 Å². The molecule has 0 aliphatic heterocycles. The normalized spacial score (nSPS) is 11.4. The molecule has 0 atom stereocenters. The van der Waals surface area contributed by atoms with Crippen LogP contribution in [0.15, 0.2) is 41.3 Å². The second-order valence-corrected chi connectivity index (χ2v) is 7.65. The van der Waals surface area contributed by atoms with Crippen molar-refractivity contribution in [3.05, 3.63) is 56.7 Å². The van der Waals surface area contributed by atoms with Gasteiger partial charge in [0.15, 0.2) is 0 Å². The SMILES string of the molecule is Cc1ccc(C)c(S(=O)(=O)Nc2ccc(C)c(I)c2)c1. The molecule has 0 unspecified atom stereocenters. The maximum atomic E-state index is 12.5. The maximum Gasteiger partial charge on any atom is 0.262 e. The predicted molar refractivity (Wildman–Crippen MR) is 90.6 cm³/mol. The Balaban J connectivity index is 2.40. The summed E-state index contributed by atoms with van der Waals surface area (Å²) in [6, 6.07) is 10.9. The molecule has 0 spiro atoms. The first-order valence-corrected chi connectivity index (χ1v) is 8.72. The third kappa shape index (κ3) is 3.32. The fraction of sp³-hybridized carbons (Fsp3) is 0.200. The molecule has 0 aliphatic carbocycles. The molecule has 2 aromatic carbocycles. The van der Waals surface area contributed by atoms with Gasteiger partial charge < -0.3 is 0 Å². The standard InChI is InChI=1S/C15H16INO2S/c1-10-4-5-12(3)15(8-10)20(18,19)17-13-7-6-11(2)14(16)9-13/h4-9,17H,1-3H3. The Morgan fingerprint density at radius 2 is 1.60 bits per heavy atom. The highest BCUT2D eigenvalue weighted by molar-refractivity contribution is 14.1. The van der Waals surface area contributed by atoms with Gasteiger partial charge in [-0.05, 0) is 78.3 Å². The van der Waals surface area contributed by atoms with E-state index in [2.05, 4.69) is 27.3 Å². The maximum absolute atomic E-state index is 12.5. The minimum atomic E-state index is -3.55. The minimum Gasteiger partial charge on any atom is -0.280 e. The molecule has 0 saturated heterocycles. The van der Waals surface area contributed by atoms with Gasteiger partial charge in [-0.1, -0.05) is 18.2 Å². The molecule has 106 valence electrons. The van der Waals surface area contributed by atoms with Gasteiger partial charge in [-0.25, -0.2) is 8.42 Å². The van der Waals surface area contributed by atoms with E-state index in [-0.39, 0.29) is 0 Å². The van der Waals surface area contributed by atoms with E-state index in [1.807, 2.05) is 38.1 Å². The number of hydrogen-bond acceptors (Lipinski definition) is 2. The smallest absolute Gasteiger partial charge is 0.262 e. The molecule has 0 aromatic heterocycles. The van der Waals surface area contributed by atoms with E-state index in [4.69, 9.17) is 0 Å². The van der Waals surface area contributed by atoms with Gasteiger partial charge in [-0.15, -0.1) is 0 Å². The molecule has 0 heterocycles. The zero-order valence-corrected chi connectivity index (χ0v) is 14.5. The number of rotatable bonds is 3. The van der Waals surface area contributed by atoms with Crippen molar-refractivity contribution < 1.29 is 8.42 Å². The molecular weight excluding hydrogens is 385 g/mol. The van der Waals surface area contributed by atoms with Crippen LogP contribution in [0.2, 0.25) is 0 Å². The van der Waals surface area contributed by atoms with E-state index < -0.39 is 10.0 Å². The fourth-order valence-electron chi connectivity index (χ4n) is 1.86. The van der Waals surface area contributed by atoms with Gasteiger partial charge in [0, 0.05) is 9.26 Å². The van der Waals surface area contributed by atoms with Gasteiger partial charge >= 0.3 is 0 Å². The average molecular weight is 401 g/mol. The van der Waals surface area contributed by atoms with Crippen LogP contribution in [-0.4, -0.2) is 8.42 Å². The van der Waals surface area contributed by atoms with Crippen LogP contribution in [0.5, 0.6) is 0 Å². The van der Waals surface area contributed by atoms with E-state index in [9.17, 15) is 8.42 Å². The highest BCUT2D eigenvalue weighted by atomic mass is 127. The van der Waals surface area contributed by atoms with Crippen LogP contribution in [-0.2, 0) is 10.0 Å². The summed E-state index contributed by atoms with van der Waals surface area (Å²) in [7, 11) is -3.55. The number of benzene rings is 2. The van der Waals surface area contributed by atoms with E-state index >= 15 is 0 Å². The second kappa shape index (κ2) is 5.73. The van der Waals surface area contributed by atoms with Crippen LogP contribution >= 0.6 is 22.6 Å². The first-order chi connectivity index (χ1) is 9.29. The summed E-state index contributed by atoms with van der Waals surface area (Å²) in [5.74, 6) is 0. The third-order valence-electron chi connectivity index (χ3n) is 3.06. The van der Waals surface area contributed by atoms with Gasteiger partial charge in [0.1, 0.15) is 0 Å². The predicted octanol–water partition coefficient (Wildman–Crippen LogP) is 4.02. The van der Waals surface area contributed by atoms with Crippen molar-refractivity contribution in [2.24, 2.45) is 0 Å². The quantitative estimate of drug-likeness (QED) is 0.790. The third-order valence-corrected chi connectivity index (χ3v) is 5.74. The van der Waals surface area contributed by atoms with Gasteiger partial charge in [0.05, 0.1) is 4.90 Å². The van der Waals surface area contributed by atoms with Crippen LogP contribution in [0.1, 0.15) is 16.7 Å². The molecule has 0 radical (unpaired) electrons. The summed E-state index contributed by atoms with van der Waals surface area (Å²) in [5.41, 5.74) is 3.38. The molecule has 0 fully saturated rings. The van der Waals surface area contributed by atoms with Gasteiger partial charge in [-0.2, -0.15) is 0 Å². The number of hydrogen-bond donors (Lipinski definition) is 1. The number of nitrogens with one attached hydrogen (secondary N) is 1. The Bertz CT molecular complexity index is 754. The molecule has 0 bridgehead atoms. The summed E-state index contributed by atoms with van der Waals surface area (Å²) < 4.78 is 28.6. The summed E-state index contributed by atoms with van der Waals surface area (Å²) >= 11 is 2.19. The zero-order chi connectivity index (χ0) is 14.9. The van der Waals surface area contributed by atoms with Crippen LogP contribution in [0, 0.1) is 24.3 Å². The lowest BCUT2D eigenvalue weighted by Gasteiger charge is -2.12. The Hall–Kier alpha value is -1.08. The second-order valence-electron chi connectivity index (χ2n) is 4.84. The topological polar surface area (TPSA) is 46.2 Å². The molecule has 2 aromatic rings. The summed E-state index contributed by atoms with van der Waals surface area (Å²) in [4.78, 5) is 0.327. The zero-order valence-electron chi connectivity index (χ0n) is 11.6. The molecule has 0 saturated carbocycles. The molecule has 0 amide bonds. The van der Waals surface area contributed by atoms with Crippen molar-refractivity contribution in [2.75, 3.05) is 4.72 Å². The number of sulfonamides is 1. The molecule has 5 heteroatoms. The van der Waals surface area contributed by atoms with Gasteiger partial charge in [0.25, 0.3) is 10.0 Å². The molecule has 0 aliphatic rings. The lowest BCUT2D eigenvalue weighted by Crippen LogP contribution is -2.14. The van der Waals surface area contributed by atoms with Crippen LogP contribution in [0.25, 0.3) is 0 Å². The Labute approximate surface area is 133 Å². The number of halogens is 1. The van der Waals surface area contributed by atoms with Crippen LogP contribution < -0.4 is 4.72 Å². The van der Waals surface area contributed by atoms with Gasteiger partial charge in [-0.3, -0.25) is 4.72 Å². The summed E-state index contributed by atoms with van der Waals surface area (Å²) in [6.07, 6.45) is 0. The Morgan fingerprint density at radius 3 is 2.25 bits per heavy atom. The summed E-state index contributed by atoms with van der Waals surface area (Å²) in [6.45, 7) is 5.67. The highest BCUT2D eigenvalue weighted by Gasteiger charge is 2.17. The van der Waals surface area contributed by atoms with Crippen molar-refractivity contribution in [3.8, 4) is 0 Å². The Morgan fingerprint density at radius 1 is 0.950 bits per heavy atom. The average Bonchev–Trinajstić information content (AvgIpc) is 2.36. The fourth-order valence-corrected chi connectivity index (χ4v) is 3.76. The Kier molecular flexibility index (Phi) is 4.39. The first-order valence-electron chi connectivity index (χ1n) is 6.16. The molecule has 20 heavy (non-hydrogen) atoms. The largest absolute Gasteiger partial charge is 0.280 e. The molecule has 2 rings (SSSR count). The first kappa shape index (κ1) is 15.3. The lowest BCUT2D eigenvalue weighted by molar-refractivity contribution is 0.600. The molecule has 3 nitrogen and oxygen atoms in total. The van der Waals surface area contributed by atoms with Crippen molar-refractivity contribution in [1.29, 1.82) is 0 Å². The molecule has 1 N–H and O–H groups in total. The van der Waals surface area contributed by atoms with Gasteiger partial charge in [0.2, 0.25) is 0 Å². The highest BCUT2D eigenvalue weighted by Crippen LogP contribution is 2.23. The van der Waals surface area contributed by atoms with E-state index in [0.29, 0.717) is 10.6 Å².